The number of aryl methyl sites for hydroxylation is 1. The summed E-state index contributed by atoms with van der Waals surface area (Å²) in [4.78, 5) is 24.5. The number of hydrogen-bond donors (Lipinski definition) is 1. The maximum absolute atomic E-state index is 12.5. The van der Waals surface area contributed by atoms with E-state index >= 15 is 0 Å². The van der Waals surface area contributed by atoms with Gasteiger partial charge in [-0.15, -0.1) is 0 Å². The van der Waals surface area contributed by atoms with Crippen LogP contribution in [0.4, 0.5) is 0 Å². The zero-order valence-electron chi connectivity index (χ0n) is 19.9. The molecule has 0 unspecified atom stereocenters. The topological polar surface area (TPSA) is 95.5 Å². The maximum Gasteiger partial charge on any atom is 0.343 e. The molecule has 0 bridgehead atoms. The van der Waals surface area contributed by atoms with Crippen LogP contribution < -0.4 is 24.4 Å². The second kappa shape index (κ2) is 12.8. The Bertz CT molecular complexity index is 1170. The van der Waals surface area contributed by atoms with E-state index in [0.29, 0.717) is 35.0 Å². The van der Waals surface area contributed by atoms with Gasteiger partial charge in [0.15, 0.2) is 18.1 Å². The normalized spacial score (nSPS) is 10.6. The molecule has 8 heteroatoms. The number of carbonyl (C=O) groups is 2. The third-order valence-electron chi connectivity index (χ3n) is 4.72. The number of ether oxygens (including phenoxy) is 4. The molecule has 0 heterocycles. The fraction of sp³-hybridized carbons (Fsp3) is 0.222. The van der Waals surface area contributed by atoms with Gasteiger partial charge in [-0.25, -0.2) is 10.2 Å². The first kappa shape index (κ1) is 25.3. The molecule has 8 nitrogen and oxygen atoms in total. The van der Waals surface area contributed by atoms with Gasteiger partial charge < -0.3 is 18.9 Å². The number of nitrogens with zero attached hydrogens (tertiary/aromatic N) is 1. The molecule has 0 atom stereocenters. The van der Waals surface area contributed by atoms with Crippen LogP contribution in [0.1, 0.15) is 34.8 Å². The van der Waals surface area contributed by atoms with E-state index in [1.54, 1.807) is 48.5 Å². The van der Waals surface area contributed by atoms with Crippen LogP contribution in [0, 0.1) is 6.92 Å². The predicted octanol–water partition coefficient (Wildman–Crippen LogP) is 4.54. The Morgan fingerprint density at radius 2 is 1.74 bits per heavy atom. The molecule has 1 N–H and O–H groups in total. The number of carbonyl (C=O) groups excluding carboxylic acids is 2. The summed E-state index contributed by atoms with van der Waals surface area (Å²) in [6.07, 6.45) is 2.35. The Balaban J connectivity index is 1.54. The fourth-order valence-electron chi connectivity index (χ4n) is 2.98. The largest absolute Gasteiger partial charge is 0.494 e. The maximum atomic E-state index is 12.5. The first-order valence-electron chi connectivity index (χ1n) is 11.1. The molecule has 0 spiro atoms. The van der Waals surface area contributed by atoms with Gasteiger partial charge in [-0.1, -0.05) is 19.1 Å². The number of nitrogens with one attached hydrogen (secondary N) is 1. The van der Waals surface area contributed by atoms with Crippen molar-refractivity contribution in [3.05, 3.63) is 83.4 Å². The monoisotopic (exact) mass is 476 g/mol. The Morgan fingerprint density at radius 3 is 2.46 bits per heavy atom. The highest BCUT2D eigenvalue weighted by atomic mass is 16.6. The van der Waals surface area contributed by atoms with E-state index in [9.17, 15) is 9.59 Å². The molecule has 0 aliphatic heterocycles. The summed E-state index contributed by atoms with van der Waals surface area (Å²) in [5.41, 5.74) is 4.47. The van der Waals surface area contributed by atoms with Crippen molar-refractivity contribution < 1.29 is 28.5 Å². The number of esters is 1. The number of amides is 1. The molecule has 0 fully saturated rings. The van der Waals surface area contributed by atoms with Gasteiger partial charge in [0.25, 0.3) is 5.91 Å². The highest BCUT2D eigenvalue weighted by Crippen LogP contribution is 2.28. The summed E-state index contributed by atoms with van der Waals surface area (Å²) >= 11 is 0. The minimum Gasteiger partial charge on any atom is -0.494 e. The first-order chi connectivity index (χ1) is 17.0. The number of rotatable bonds is 11. The third-order valence-corrected chi connectivity index (χ3v) is 4.72. The van der Waals surface area contributed by atoms with Crippen LogP contribution in [0.5, 0.6) is 23.0 Å². The summed E-state index contributed by atoms with van der Waals surface area (Å²) in [5, 5.41) is 3.93. The van der Waals surface area contributed by atoms with Crippen LogP contribution in [0.25, 0.3) is 0 Å². The van der Waals surface area contributed by atoms with Gasteiger partial charge in [0.05, 0.1) is 25.5 Å². The molecule has 3 rings (SSSR count). The summed E-state index contributed by atoms with van der Waals surface area (Å²) in [6, 6.07) is 19.1. The lowest BCUT2D eigenvalue weighted by Gasteiger charge is -2.10. The van der Waals surface area contributed by atoms with Crippen LogP contribution in [0.2, 0.25) is 0 Å². The molecule has 1 amide bonds. The van der Waals surface area contributed by atoms with E-state index in [-0.39, 0.29) is 12.4 Å². The molecule has 182 valence electrons. The lowest BCUT2D eigenvalue weighted by molar-refractivity contribution is -0.123. The molecule has 0 aliphatic rings. The van der Waals surface area contributed by atoms with Gasteiger partial charge in [0.2, 0.25) is 0 Å². The van der Waals surface area contributed by atoms with Crippen molar-refractivity contribution in [3.63, 3.8) is 0 Å². The molecular formula is C27H28N2O6. The average molecular weight is 477 g/mol. The lowest BCUT2D eigenvalue weighted by atomic mass is 10.2. The van der Waals surface area contributed by atoms with Gasteiger partial charge in [0.1, 0.15) is 11.5 Å². The Labute approximate surface area is 204 Å². The quantitative estimate of drug-likeness (QED) is 0.189. The zero-order valence-corrected chi connectivity index (χ0v) is 19.9. The predicted molar refractivity (Wildman–Crippen MR) is 133 cm³/mol. The van der Waals surface area contributed by atoms with Crippen molar-refractivity contribution in [2.75, 3.05) is 20.3 Å². The second-order valence-electron chi connectivity index (χ2n) is 7.57. The highest BCUT2D eigenvalue weighted by molar-refractivity contribution is 5.92. The molecule has 0 aliphatic carbocycles. The van der Waals surface area contributed by atoms with Gasteiger partial charge in [0, 0.05) is 0 Å². The van der Waals surface area contributed by atoms with Crippen molar-refractivity contribution >= 4 is 18.1 Å². The molecule has 0 saturated heterocycles. The van der Waals surface area contributed by atoms with Crippen LogP contribution >= 0.6 is 0 Å². The minimum atomic E-state index is -0.521. The first-order valence-corrected chi connectivity index (χ1v) is 11.1. The second-order valence-corrected chi connectivity index (χ2v) is 7.57. The Hall–Kier alpha value is -4.33. The SMILES string of the molecule is CCCOc1ccc(C(=O)Oc2ccc(/C=N\NC(=O)COc3cccc(C)c3)cc2OC)cc1. The van der Waals surface area contributed by atoms with Gasteiger partial charge >= 0.3 is 5.97 Å². The van der Waals surface area contributed by atoms with Crippen molar-refractivity contribution in [3.8, 4) is 23.0 Å². The van der Waals surface area contributed by atoms with Crippen molar-refractivity contribution in [2.24, 2.45) is 5.10 Å². The molecule has 3 aromatic carbocycles. The lowest BCUT2D eigenvalue weighted by Crippen LogP contribution is -2.24. The molecular weight excluding hydrogens is 448 g/mol. The molecule has 0 aromatic heterocycles. The summed E-state index contributed by atoms with van der Waals surface area (Å²) in [5.74, 6) is 0.994. The molecule has 0 saturated carbocycles. The smallest absolute Gasteiger partial charge is 0.343 e. The summed E-state index contributed by atoms with van der Waals surface area (Å²) < 4.78 is 21.8. The van der Waals surface area contributed by atoms with E-state index < -0.39 is 11.9 Å². The van der Waals surface area contributed by atoms with Crippen molar-refractivity contribution in [1.82, 2.24) is 5.43 Å². The van der Waals surface area contributed by atoms with E-state index in [0.717, 1.165) is 12.0 Å². The van der Waals surface area contributed by atoms with Crippen molar-refractivity contribution in [2.45, 2.75) is 20.3 Å². The number of hydrazone groups is 1. The van der Waals surface area contributed by atoms with E-state index in [1.807, 2.05) is 32.0 Å². The van der Waals surface area contributed by atoms with Crippen LogP contribution in [-0.2, 0) is 4.79 Å². The number of methoxy groups -OCH3 is 1. The van der Waals surface area contributed by atoms with E-state index in [4.69, 9.17) is 18.9 Å². The minimum absolute atomic E-state index is 0.162. The van der Waals surface area contributed by atoms with Crippen LogP contribution in [-0.4, -0.2) is 38.4 Å². The highest BCUT2D eigenvalue weighted by Gasteiger charge is 2.13. The summed E-state index contributed by atoms with van der Waals surface area (Å²) in [7, 11) is 1.47. The van der Waals surface area contributed by atoms with Crippen LogP contribution in [0.3, 0.4) is 0 Å². The Kier molecular flexibility index (Phi) is 9.24. The molecule has 35 heavy (non-hydrogen) atoms. The Morgan fingerprint density at radius 1 is 0.943 bits per heavy atom. The van der Waals surface area contributed by atoms with Crippen LogP contribution in [0.15, 0.2) is 71.8 Å². The van der Waals surface area contributed by atoms with Crippen molar-refractivity contribution in [1.29, 1.82) is 0 Å². The van der Waals surface area contributed by atoms with Gasteiger partial charge in [-0.3, -0.25) is 4.79 Å². The van der Waals surface area contributed by atoms with E-state index in [2.05, 4.69) is 10.5 Å². The standard InChI is InChI=1S/C27H28N2O6/c1-4-14-33-22-11-9-21(10-12-22)27(31)35-24-13-8-20(16-25(24)32-3)17-28-29-26(30)18-34-23-7-5-6-19(2)15-23/h5-13,15-17H,4,14,18H2,1-3H3,(H,29,30)/b28-17-. The summed E-state index contributed by atoms with van der Waals surface area (Å²) in [6.45, 7) is 4.42. The van der Waals surface area contributed by atoms with E-state index in [1.165, 1.54) is 13.3 Å². The average Bonchev–Trinajstić information content (AvgIpc) is 2.87. The third kappa shape index (κ3) is 7.89. The number of hydrogen-bond acceptors (Lipinski definition) is 7. The zero-order chi connectivity index (χ0) is 25.0. The van der Waals surface area contributed by atoms with Gasteiger partial charge in [-0.2, -0.15) is 5.10 Å². The fourth-order valence-corrected chi connectivity index (χ4v) is 2.98. The number of benzene rings is 3. The van der Waals surface area contributed by atoms with Gasteiger partial charge in [-0.05, 0) is 79.1 Å². The molecule has 0 radical (unpaired) electrons. The molecule has 3 aromatic rings.